The van der Waals surface area contributed by atoms with Gasteiger partial charge in [0.15, 0.2) is 0 Å². The number of aromatic nitrogens is 2. The van der Waals surface area contributed by atoms with Gasteiger partial charge in [-0.2, -0.15) is 0 Å². The summed E-state index contributed by atoms with van der Waals surface area (Å²) in [4.78, 5) is 13.2. The summed E-state index contributed by atoms with van der Waals surface area (Å²) < 4.78 is 0. The second kappa shape index (κ2) is 3.91. The summed E-state index contributed by atoms with van der Waals surface area (Å²) in [6.07, 6.45) is 5.11. The fourth-order valence-corrected chi connectivity index (χ4v) is 1.43. The molecule has 0 bridgehead atoms. The van der Waals surface area contributed by atoms with E-state index < -0.39 is 0 Å². The van der Waals surface area contributed by atoms with Crippen LogP contribution in [0.4, 0.5) is 5.95 Å². The van der Waals surface area contributed by atoms with Gasteiger partial charge < -0.3 is 0 Å². The Labute approximate surface area is 79.8 Å². The molecule has 0 unspecified atom stereocenters. The largest absolute Gasteiger partial charge is 0.249 e. The first-order chi connectivity index (χ1) is 6.45. The molecule has 2 rings (SSSR count). The van der Waals surface area contributed by atoms with Crippen LogP contribution in [0.1, 0.15) is 4.88 Å². The molecule has 4 heteroatoms. The normalized spacial score (nSPS) is 10.8. The van der Waals surface area contributed by atoms with Gasteiger partial charge in [0, 0.05) is 23.5 Å². The molecule has 0 aliphatic carbocycles. The first-order valence-corrected chi connectivity index (χ1v) is 4.68. The molecule has 0 saturated heterocycles. The monoisotopic (exact) mass is 189 g/mol. The number of thiophene rings is 1. The Bertz CT molecular complexity index is 381. The van der Waals surface area contributed by atoms with Crippen LogP contribution in [-0.2, 0) is 0 Å². The quantitative estimate of drug-likeness (QED) is 0.680. The van der Waals surface area contributed by atoms with Crippen molar-refractivity contribution in [3.63, 3.8) is 0 Å². The van der Waals surface area contributed by atoms with E-state index in [1.54, 1.807) is 36.0 Å². The summed E-state index contributed by atoms with van der Waals surface area (Å²) in [5.74, 6) is 0.496. The zero-order valence-corrected chi connectivity index (χ0v) is 7.61. The maximum atomic E-state index is 4.11. The van der Waals surface area contributed by atoms with Crippen LogP contribution in [0.25, 0.3) is 0 Å². The lowest BCUT2D eigenvalue weighted by atomic mass is 10.5. The summed E-state index contributed by atoms with van der Waals surface area (Å²) in [5.41, 5.74) is 0. The van der Waals surface area contributed by atoms with E-state index in [1.807, 2.05) is 17.5 Å². The number of aliphatic imine (C=N–C) groups is 1. The van der Waals surface area contributed by atoms with Gasteiger partial charge in [-0.05, 0) is 17.5 Å². The van der Waals surface area contributed by atoms with Crippen molar-refractivity contribution in [2.45, 2.75) is 0 Å². The molecule has 0 aliphatic heterocycles. The molecule has 0 amide bonds. The summed E-state index contributed by atoms with van der Waals surface area (Å²) in [5, 5.41) is 2.01. The molecule has 3 nitrogen and oxygen atoms in total. The van der Waals surface area contributed by atoms with Gasteiger partial charge in [-0.3, -0.25) is 0 Å². The lowest BCUT2D eigenvalue weighted by Gasteiger charge is -1.87. The van der Waals surface area contributed by atoms with Crippen molar-refractivity contribution in [3.8, 4) is 0 Å². The number of hydrogen-bond acceptors (Lipinski definition) is 4. The van der Waals surface area contributed by atoms with Crippen molar-refractivity contribution in [1.82, 2.24) is 9.97 Å². The van der Waals surface area contributed by atoms with Gasteiger partial charge in [0.05, 0.1) is 0 Å². The summed E-state index contributed by atoms with van der Waals surface area (Å²) >= 11 is 1.64. The van der Waals surface area contributed by atoms with E-state index >= 15 is 0 Å². The Morgan fingerprint density at radius 1 is 1.23 bits per heavy atom. The molecule has 0 fully saturated rings. The van der Waals surface area contributed by atoms with Crippen molar-refractivity contribution in [2.24, 2.45) is 4.99 Å². The Kier molecular flexibility index (Phi) is 2.43. The molecule has 0 radical (unpaired) electrons. The van der Waals surface area contributed by atoms with Crippen LogP contribution in [0, 0.1) is 0 Å². The van der Waals surface area contributed by atoms with Gasteiger partial charge >= 0.3 is 0 Å². The van der Waals surface area contributed by atoms with Gasteiger partial charge in [0.1, 0.15) is 0 Å². The number of nitrogens with zero attached hydrogens (tertiary/aromatic N) is 3. The molecular formula is C9H7N3S. The molecular weight excluding hydrogens is 182 g/mol. The molecule has 0 saturated carbocycles. The maximum absolute atomic E-state index is 4.11. The fraction of sp³-hybridized carbons (Fsp3) is 0. The Balaban J connectivity index is 2.15. The number of rotatable bonds is 2. The lowest BCUT2D eigenvalue weighted by molar-refractivity contribution is 1.14. The number of hydrogen-bond donors (Lipinski definition) is 0. The molecule has 2 heterocycles. The lowest BCUT2D eigenvalue weighted by Crippen LogP contribution is -1.78. The minimum atomic E-state index is 0.496. The molecule has 2 aromatic heterocycles. The van der Waals surface area contributed by atoms with Crippen LogP contribution in [0.2, 0.25) is 0 Å². The van der Waals surface area contributed by atoms with E-state index in [0.29, 0.717) is 5.95 Å². The van der Waals surface area contributed by atoms with Crippen LogP contribution < -0.4 is 0 Å². The minimum Gasteiger partial charge on any atom is -0.220 e. The third-order valence-corrected chi connectivity index (χ3v) is 2.21. The Morgan fingerprint density at radius 2 is 2.08 bits per heavy atom. The Morgan fingerprint density at radius 3 is 2.77 bits per heavy atom. The highest BCUT2D eigenvalue weighted by molar-refractivity contribution is 7.11. The van der Waals surface area contributed by atoms with Crippen molar-refractivity contribution in [3.05, 3.63) is 40.8 Å². The standard InChI is InChI=1S/C9H7N3S/c1-3-8(13-6-1)7-12-9-10-4-2-5-11-9/h1-7H. The van der Waals surface area contributed by atoms with Gasteiger partial charge in [-0.15, -0.1) is 11.3 Å². The topological polar surface area (TPSA) is 38.1 Å². The first kappa shape index (κ1) is 8.07. The third kappa shape index (κ3) is 2.19. The van der Waals surface area contributed by atoms with Gasteiger partial charge in [0.2, 0.25) is 5.95 Å². The van der Waals surface area contributed by atoms with Crippen LogP contribution in [0.3, 0.4) is 0 Å². The average Bonchev–Trinajstić information content (AvgIpc) is 2.69. The van der Waals surface area contributed by atoms with E-state index in [0.717, 1.165) is 4.88 Å². The summed E-state index contributed by atoms with van der Waals surface area (Å²) in [7, 11) is 0. The highest BCUT2D eigenvalue weighted by atomic mass is 32.1. The zero-order valence-electron chi connectivity index (χ0n) is 6.79. The van der Waals surface area contributed by atoms with Crippen LogP contribution in [0.5, 0.6) is 0 Å². The van der Waals surface area contributed by atoms with Gasteiger partial charge in [0.25, 0.3) is 0 Å². The summed E-state index contributed by atoms with van der Waals surface area (Å²) in [6, 6.07) is 5.75. The molecule has 0 N–H and O–H groups in total. The van der Waals surface area contributed by atoms with E-state index in [4.69, 9.17) is 0 Å². The molecule has 0 spiro atoms. The van der Waals surface area contributed by atoms with Gasteiger partial charge in [-0.25, -0.2) is 15.0 Å². The van der Waals surface area contributed by atoms with Crippen molar-refractivity contribution in [2.75, 3.05) is 0 Å². The zero-order chi connectivity index (χ0) is 8.93. The molecule has 64 valence electrons. The Hall–Kier alpha value is -1.55. The van der Waals surface area contributed by atoms with Crippen LogP contribution in [-0.4, -0.2) is 16.2 Å². The van der Waals surface area contributed by atoms with Crippen molar-refractivity contribution >= 4 is 23.5 Å². The first-order valence-electron chi connectivity index (χ1n) is 3.80. The second-order valence-corrected chi connectivity index (χ2v) is 3.30. The predicted molar refractivity (Wildman–Crippen MR) is 53.6 cm³/mol. The minimum absolute atomic E-state index is 0.496. The van der Waals surface area contributed by atoms with E-state index in [2.05, 4.69) is 15.0 Å². The smallest absolute Gasteiger partial charge is 0.220 e. The van der Waals surface area contributed by atoms with Gasteiger partial charge in [-0.1, -0.05) is 6.07 Å². The van der Waals surface area contributed by atoms with E-state index in [1.165, 1.54) is 0 Å². The van der Waals surface area contributed by atoms with Crippen LogP contribution >= 0.6 is 11.3 Å². The maximum Gasteiger partial charge on any atom is 0.249 e. The highest BCUT2D eigenvalue weighted by Gasteiger charge is 1.89. The molecule has 0 aliphatic rings. The third-order valence-electron chi connectivity index (χ3n) is 1.40. The van der Waals surface area contributed by atoms with E-state index in [-0.39, 0.29) is 0 Å². The second-order valence-electron chi connectivity index (χ2n) is 2.32. The molecule has 2 aromatic rings. The summed E-state index contributed by atoms with van der Waals surface area (Å²) in [6.45, 7) is 0. The highest BCUT2D eigenvalue weighted by Crippen LogP contribution is 2.07. The molecule has 0 atom stereocenters. The SMILES string of the molecule is C(=Nc1ncccn1)c1cccs1. The molecule has 0 aromatic carbocycles. The van der Waals surface area contributed by atoms with Crippen molar-refractivity contribution < 1.29 is 0 Å². The van der Waals surface area contributed by atoms with Crippen LogP contribution in [0.15, 0.2) is 41.0 Å². The predicted octanol–water partition coefficient (Wildman–Crippen LogP) is 2.29. The average molecular weight is 189 g/mol. The molecule has 13 heavy (non-hydrogen) atoms. The van der Waals surface area contributed by atoms with Crippen molar-refractivity contribution in [1.29, 1.82) is 0 Å². The van der Waals surface area contributed by atoms with E-state index in [9.17, 15) is 0 Å². The fourth-order valence-electron chi connectivity index (χ4n) is 0.844.